The Morgan fingerprint density at radius 1 is 1.32 bits per heavy atom. The molecule has 1 N–H and O–H groups in total. The van der Waals surface area contributed by atoms with Crippen molar-refractivity contribution in [2.75, 3.05) is 13.7 Å². The van der Waals surface area contributed by atoms with Crippen LogP contribution in [0.1, 0.15) is 36.7 Å². The van der Waals surface area contributed by atoms with Gasteiger partial charge in [0.05, 0.1) is 13.4 Å². The fourth-order valence-corrected chi connectivity index (χ4v) is 3.28. The Hall–Kier alpha value is -1.78. The van der Waals surface area contributed by atoms with Gasteiger partial charge in [0.15, 0.2) is 0 Å². The lowest BCUT2D eigenvalue weighted by Crippen LogP contribution is -2.30. The number of hydrogen-bond acceptors (Lipinski definition) is 4. The first kappa shape index (κ1) is 15.1. The van der Waals surface area contributed by atoms with Gasteiger partial charge in [0.1, 0.15) is 17.6 Å². The van der Waals surface area contributed by atoms with E-state index in [4.69, 9.17) is 9.15 Å². The van der Waals surface area contributed by atoms with E-state index in [1.165, 1.54) is 12.0 Å². The van der Waals surface area contributed by atoms with Gasteiger partial charge in [-0.15, -0.1) is 0 Å². The Morgan fingerprint density at radius 3 is 2.95 bits per heavy atom. The molecule has 2 heterocycles. The molecule has 4 nitrogen and oxygen atoms in total. The van der Waals surface area contributed by atoms with Crippen LogP contribution in [0, 0.1) is 0 Å². The Morgan fingerprint density at radius 2 is 2.18 bits per heavy atom. The maximum atomic E-state index is 10.3. The van der Waals surface area contributed by atoms with Crippen LogP contribution in [-0.2, 0) is 6.54 Å². The van der Waals surface area contributed by atoms with Crippen molar-refractivity contribution in [1.82, 2.24) is 4.90 Å². The topological polar surface area (TPSA) is 45.8 Å². The van der Waals surface area contributed by atoms with Crippen molar-refractivity contribution >= 4 is 0 Å². The number of likely N-dealkylation sites (tertiary alicyclic amines) is 1. The number of para-hydroxylation sites is 1. The maximum Gasteiger partial charge on any atom is 0.132 e. The number of nitrogens with zero attached hydrogens (tertiary/aromatic N) is 1. The summed E-state index contributed by atoms with van der Waals surface area (Å²) >= 11 is 0. The molecule has 4 heteroatoms. The predicted molar refractivity (Wildman–Crippen MR) is 84.7 cm³/mol. The highest BCUT2D eigenvalue weighted by atomic mass is 16.5. The Labute approximate surface area is 131 Å². The van der Waals surface area contributed by atoms with E-state index >= 15 is 0 Å². The third-order valence-electron chi connectivity index (χ3n) is 4.43. The standard InChI is InChI=1S/C18H23NO3/c1-21-17-8-3-2-6-14(17)13-19-10-4-7-15(19)12-16(20)18-9-5-11-22-18/h2-3,5-6,8-9,11,15-16,20H,4,7,10,12-13H2,1H3. The molecular weight excluding hydrogens is 278 g/mol. The van der Waals surface area contributed by atoms with Gasteiger partial charge >= 0.3 is 0 Å². The molecule has 3 rings (SSSR count). The summed E-state index contributed by atoms with van der Waals surface area (Å²) in [6.45, 7) is 1.92. The molecule has 2 aromatic rings. The second-order valence-corrected chi connectivity index (χ2v) is 5.85. The zero-order chi connectivity index (χ0) is 15.4. The quantitative estimate of drug-likeness (QED) is 0.888. The molecule has 2 atom stereocenters. The largest absolute Gasteiger partial charge is 0.496 e. The number of furan rings is 1. The molecule has 22 heavy (non-hydrogen) atoms. The van der Waals surface area contributed by atoms with Crippen LogP contribution < -0.4 is 4.74 Å². The molecule has 0 bridgehead atoms. The number of aliphatic hydroxyl groups is 1. The first-order valence-corrected chi connectivity index (χ1v) is 7.85. The van der Waals surface area contributed by atoms with Crippen LogP contribution in [0.5, 0.6) is 5.75 Å². The number of methoxy groups -OCH3 is 1. The van der Waals surface area contributed by atoms with E-state index in [1.54, 1.807) is 13.4 Å². The minimum absolute atomic E-state index is 0.380. The van der Waals surface area contributed by atoms with E-state index in [0.717, 1.165) is 25.3 Å². The molecular formula is C18H23NO3. The zero-order valence-corrected chi connectivity index (χ0v) is 12.9. The van der Waals surface area contributed by atoms with Crippen LogP contribution in [-0.4, -0.2) is 29.7 Å². The fraction of sp³-hybridized carbons (Fsp3) is 0.444. The summed E-state index contributed by atoms with van der Waals surface area (Å²) in [5.41, 5.74) is 1.20. The van der Waals surface area contributed by atoms with Crippen molar-refractivity contribution in [2.24, 2.45) is 0 Å². The lowest BCUT2D eigenvalue weighted by Gasteiger charge is -2.26. The van der Waals surface area contributed by atoms with Crippen LogP contribution >= 0.6 is 0 Å². The highest BCUT2D eigenvalue weighted by molar-refractivity contribution is 5.33. The summed E-state index contributed by atoms with van der Waals surface area (Å²) < 4.78 is 10.7. The third-order valence-corrected chi connectivity index (χ3v) is 4.43. The van der Waals surface area contributed by atoms with Crippen LogP contribution in [0.4, 0.5) is 0 Å². The van der Waals surface area contributed by atoms with Crippen molar-refractivity contribution in [3.63, 3.8) is 0 Å². The van der Waals surface area contributed by atoms with Gasteiger partial charge in [-0.1, -0.05) is 18.2 Å². The van der Waals surface area contributed by atoms with Crippen molar-refractivity contribution in [3.8, 4) is 5.75 Å². The molecule has 0 amide bonds. The van der Waals surface area contributed by atoms with Crippen LogP contribution in [0.2, 0.25) is 0 Å². The molecule has 1 aromatic heterocycles. The lowest BCUT2D eigenvalue weighted by molar-refractivity contribution is 0.0992. The smallest absolute Gasteiger partial charge is 0.132 e. The second kappa shape index (κ2) is 6.99. The summed E-state index contributed by atoms with van der Waals surface area (Å²) in [6.07, 6.45) is 4.08. The van der Waals surface area contributed by atoms with Gasteiger partial charge < -0.3 is 14.3 Å². The summed E-state index contributed by atoms with van der Waals surface area (Å²) in [7, 11) is 1.71. The van der Waals surface area contributed by atoms with Crippen LogP contribution in [0.3, 0.4) is 0 Å². The SMILES string of the molecule is COc1ccccc1CN1CCCC1CC(O)c1ccco1. The summed E-state index contributed by atoms with van der Waals surface area (Å²) in [6, 6.07) is 12.2. The van der Waals surface area contributed by atoms with E-state index in [-0.39, 0.29) is 0 Å². The molecule has 118 valence electrons. The molecule has 1 aromatic carbocycles. The molecule has 1 saturated heterocycles. The normalized spacial score (nSPS) is 20.2. The first-order valence-electron chi connectivity index (χ1n) is 7.85. The molecule has 1 aliphatic rings. The van der Waals surface area contributed by atoms with Crippen molar-refractivity contribution in [1.29, 1.82) is 0 Å². The van der Waals surface area contributed by atoms with Gasteiger partial charge in [0, 0.05) is 18.2 Å². The fourth-order valence-electron chi connectivity index (χ4n) is 3.28. The molecule has 0 saturated carbocycles. The number of rotatable bonds is 6. The zero-order valence-electron chi connectivity index (χ0n) is 12.9. The predicted octanol–water partition coefficient (Wildman–Crippen LogP) is 3.38. The van der Waals surface area contributed by atoms with Gasteiger partial charge in [-0.2, -0.15) is 0 Å². The van der Waals surface area contributed by atoms with Gasteiger partial charge in [-0.25, -0.2) is 0 Å². The number of benzene rings is 1. The van der Waals surface area contributed by atoms with Gasteiger partial charge in [0.2, 0.25) is 0 Å². The molecule has 0 radical (unpaired) electrons. The molecule has 1 fully saturated rings. The van der Waals surface area contributed by atoms with E-state index in [9.17, 15) is 5.11 Å². The molecule has 2 unspecified atom stereocenters. The number of hydrogen-bond donors (Lipinski definition) is 1. The van der Waals surface area contributed by atoms with Gasteiger partial charge in [-0.05, 0) is 44.0 Å². The molecule has 0 spiro atoms. The second-order valence-electron chi connectivity index (χ2n) is 5.85. The van der Waals surface area contributed by atoms with Gasteiger partial charge in [0.25, 0.3) is 0 Å². The Kier molecular flexibility index (Phi) is 4.80. The minimum atomic E-state index is -0.529. The van der Waals surface area contributed by atoms with E-state index in [1.807, 2.05) is 30.3 Å². The highest BCUT2D eigenvalue weighted by Gasteiger charge is 2.28. The van der Waals surface area contributed by atoms with E-state index in [2.05, 4.69) is 11.0 Å². The maximum absolute atomic E-state index is 10.3. The van der Waals surface area contributed by atoms with Crippen LogP contribution in [0.25, 0.3) is 0 Å². The van der Waals surface area contributed by atoms with E-state index in [0.29, 0.717) is 18.2 Å². The van der Waals surface area contributed by atoms with Gasteiger partial charge in [-0.3, -0.25) is 4.90 Å². The van der Waals surface area contributed by atoms with Crippen molar-refractivity contribution in [2.45, 2.75) is 38.0 Å². The lowest BCUT2D eigenvalue weighted by atomic mass is 10.0. The van der Waals surface area contributed by atoms with E-state index < -0.39 is 6.10 Å². The van der Waals surface area contributed by atoms with Crippen molar-refractivity contribution < 1.29 is 14.3 Å². The Balaban J connectivity index is 1.65. The monoisotopic (exact) mass is 301 g/mol. The summed E-state index contributed by atoms with van der Waals surface area (Å²) in [5, 5.41) is 10.3. The highest BCUT2D eigenvalue weighted by Crippen LogP contribution is 2.30. The number of aliphatic hydroxyl groups excluding tert-OH is 1. The summed E-state index contributed by atoms with van der Waals surface area (Å²) in [5.74, 6) is 1.59. The minimum Gasteiger partial charge on any atom is -0.496 e. The Bertz CT molecular complexity index is 582. The molecule has 0 aliphatic carbocycles. The summed E-state index contributed by atoms with van der Waals surface area (Å²) in [4.78, 5) is 2.43. The first-order chi connectivity index (χ1) is 10.8. The number of ether oxygens (including phenoxy) is 1. The average molecular weight is 301 g/mol. The third kappa shape index (κ3) is 3.34. The average Bonchev–Trinajstić information content (AvgIpc) is 3.20. The van der Waals surface area contributed by atoms with Crippen LogP contribution in [0.15, 0.2) is 47.1 Å². The molecule has 1 aliphatic heterocycles. The van der Waals surface area contributed by atoms with Crippen molar-refractivity contribution in [3.05, 3.63) is 54.0 Å².